The normalized spacial score (nSPS) is 10.6. The van der Waals surface area contributed by atoms with Gasteiger partial charge in [-0.05, 0) is 26.8 Å². The van der Waals surface area contributed by atoms with Crippen molar-refractivity contribution in [3.8, 4) is 0 Å². The minimum atomic E-state index is -0.117. The van der Waals surface area contributed by atoms with E-state index in [1.165, 1.54) is 0 Å². The molecule has 5 nitrogen and oxygen atoms in total. The van der Waals surface area contributed by atoms with Crippen molar-refractivity contribution in [3.63, 3.8) is 0 Å². The van der Waals surface area contributed by atoms with Gasteiger partial charge in [-0.25, -0.2) is 0 Å². The van der Waals surface area contributed by atoms with E-state index in [0.29, 0.717) is 17.9 Å². The molecule has 18 heavy (non-hydrogen) atoms. The third kappa shape index (κ3) is 2.61. The molecule has 96 valence electrons. The number of nitrogens with one attached hydrogen (secondary N) is 1. The molecule has 2 aromatic rings. The smallest absolute Gasteiger partial charge is 0.255 e. The summed E-state index contributed by atoms with van der Waals surface area (Å²) in [7, 11) is 0. The van der Waals surface area contributed by atoms with Crippen LogP contribution in [0.15, 0.2) is 22.9 Å². The van der Waals surface area contributed by atoms with Gasteiger partial charge in [-0.3, -0.25) is 9.48 Å². The molecule has 0 atom stereocenters. The SMILES string of the molecule is CCn1cc(CNC(=O)c2cc(C)oc2C)cn1. The molecule has 1 N–H and O–H groups in total. The van der Waals surface area contributed by atoms with E-state index in [1.807, 2.05) is 24.7 Å². The second-order valence-corrected chi connectivity index (χ2v) is 4.21. The molecule has 5 heteroatoms. The summed E-state index contributed by atoms with van der Waals surface area (Å²) in [6.45, 7) is 6.94. The Morgan fingerprint density at radius 2 is 2.28 bits per heavy atom. The zero-order valence-corrected chi connectivity index (χ0v) is 10.9. The molecule has 0 aliphatic heterocycles. The standard InChI is InChI=1S/C13H17N3O2/c1-4-16-8-11(7-15-16)6-14-13(17)12-5-9(2)18-10(12)3/h5,7-8H,4,6H2,1-3H3,(H,14,17). The molecule has 0 spiro atoms. The average Bonchev–Trinajstić information content (AvgIpc) is 2.92. The molecule has 1 amide bonds. The fourth-order valence-corrected chi connectivity index (χ4v) is 1.80. The Hall–Kier alpha value is -2.04. The number of hydrogen-bond donors (Lipinski definition) is 1. The van der Waals surface area contributed by atoms with Gasteiger partial charge in [0.05, 0.1) is 11.8 Å². The molecule has 0 aliphatic carbocycles. The fourth-order valence-electron chi connectivity index (χ4n) is 1.80. The number of aromatic nitrogens is 2. The minimum absolute atomic E-state index is 0.117. The number of carbonyl (C=O) groups is 1. The van der Waals surface area contributed by atoms with Gasteiger partial charge in [0, 0.05) is 24.8 Å². The van der Waals surface area contributed by atoms with Gasteiger partial charge in [0.1, 0.15) is 11.5 Å². The number of aryl methyl sites for hydroxylation is 3. The van der Waals surface area contributed by atoms with E-state index in [0.717, 1.165) is 17.9 Å². The van der Waals surface area contributed by atoms with Crippen LogP contribution in [0.5, 0.6) is 0 Å². The van der Waals surface area contributed by atoms with Crippen molar-refractivity contribution in [2.75, 3.05) is 0 Å². The van der Waals surface area contributed by atoms with E-state index >= 15 is 0 Å². The van der Waals surface area contributed by atoms with E-state index in [4.69, 9.17) is 4.42 Å². The lowest BCUT2D eigenvalue weighted by molar-refractivity contribution is 0.0949. The van der Waals surface area contributed by atoms with Crippen LogP contribution in [0.2, 0.25) is 0 Å². The average molecular weight is 247 g/mol. The van der Waals surface area contributed by atoms with Crippen LogP contribution < -0.4 is 5.32 Å². The van der Waals surface area contributed by atoms with E-state index in [1.54, 1.807) is 19.2 Å². The summed E-state index contributed by atoms with van der Waals surface area (Å²) in [5, 5.41) is 7.01. The molecule has 2 rings (SSSR count). The minimum Gasteiger partial charge on any atom is -0.466 e. The Bertz CT molecular complexity index is 554. The lowest BCUT2D eigenvalue weighted by Gasteiger charge is -2.01. The van der Waals surface area contributed by atoms with Gasteiger partial charge < -0.3 is 9.73 Å². The van der Waals surface area contributed by atoms with E-state index in [2.05, 4.69) is 10.4 Å². The third-order valence-electron chi connectivity index (χ3n) is 2.75. The van der Waals surface area contributed by atoms with Crippen molar-refractivity contribution in [1.82, 2.24) is 15.1 Å². The Kier molecular flexibility index (Phi) is 3.50. The summed E-state index contributed by atoms with van der Waals surface area (Å²) >= 11 is 0. The predicted molar refractivity (Wildman–Crippen MR) is 67.3 cm³/mol. The monoisotopic (exact) mass is 247 g/mol. The van der Waals surface area contributed by atoms with Crippen molar-refractivity contribution in [2.45, 2.75) is 33.9 Å². The number of rotatable bonds is 4. The molecule has 0 aromatic carbocycles. The van der Waals surface area contributed by atoms with Gasteiger partial charge in [0.2, 0.25) is 0 Å². The summed E-state index contributed by atoms with van der Waals surface area (Å²) < 4.78 is 7.16. The fraction of sp³-hybridized carbons (Fsp3) is 0.385. The second kappa shape index (κ2) is 5.08. The Morgan fingerprint density at radius 1 is 1.50 bits per heavy atom. The zero-order chi connectivity index (χ0) is 13.1. The molecule has 0 bridgehead atoms. The second-order valence-electron chi connectivity index (χ2n) is 4.21. The largest absolute Gasteiger partial charge is 0.466 e. The van der Waals surface area contributed by atoms with Crippen molar-refractivity contribution < 1.29 is 9.21 Å². The predicted octanol–water partition coefficient (Wildman–Crippen LogP) is 2.04. The summed E-state index contributed by atoms with van der Waals surface area (Å²) in [6.07, 6.45) is 3.69. The number of hydrogen-bond acceptors (Lipinski definition) is 3. The van der Waals surface area contributed by atoms with Gasteiger partial charge >= 0.3 is 0 Å². The topological polar surface area (TPSA) is 60.1 Å². The lowest BCUT2D eigenvalue weighted by atomic mass is 10.2. The molecule has 0 unspecified atom stereocenters. The molecule has 2 heterocycles. The lowest BCUT2D eigenvalue weighted by Crippen LogP contribution is -2.22. The highest BCUT2D eigenvalue weighted by molar-refractivity contribution is 5.95. The maximum atomic E-state index is 11.9. The van der Waals surface area contributed by atoms with E-state index in [-0.39, 0.29) is 5.91 Å². The molecular weight excluding hydrogens is 230 g/mol. The summed E-state index contributed by atoms with van der Waals surface area (Å²) in [5.74, 6) is 1.28. The Balaban J connectivity index is 1.98. The molecular formula is C13H17N3O2. The van der Waals surface area contributed by atoms with Gasteiger partial charge in [-0.1, -0.05) is 0 Å². The van der Waals surface area contributed by atoms with Crippen LogP contribution in [-0.2, 0) is 13.1 Å². The number of nitrogens with zero attached hydrogens (tertiary/aromatic N) is 2. The van der Waals surface area contributed by atoms with E-state index < -0.39 is 0 Å². The summed E-state index contributed by atoms with van der Waals surface area (Å²) in [5.41, 5.74) is 1.58. The summed E-state index contributed by atoms with van der Waals surface area (Å²) in [4.78, 5) is 11.9. The van der Waals surface area contributed by atoms with Crippen LogP contribution >= 0.6 is 0 Å². The molecule has 0 saturated heterocycles. The quantitative estimate of drug-likeness (QED) is 0.899. The third-order valence-corrected chi connectivity index (χ3v) is 2.75. The first kappa shape index (κ1) is 12.4. The van der Waals surface area contributed by atoms with Crippen LogP contribution in [-0.4, -0.2) is 15.7 Å². The highest BCUT2D eigenvalue weighted by Gasteiger charge is 2.13. The van der Waals surface area contributed by atoms with Crippen molar-refractivity contribution >= 4 is 5.91 Å². The van der Waals surface area contributed by atoms with Crippen LogP contribution in [0.3, 0.4) is 0 Å². The maximum absolute atomic E-state index is 11.9. The molecule has 0 saturated carbocycles. The molecule has 0 aliphatic rings. The Labute approximate surface area is 106 Å². The highest BCUT2D eigenvalue weighted by atomic mass is 16.3. The number of amides is 1. The maximum Gasteiger partial charge on any atom is 0.255 e. The first-order valence-electron chi connectivity index (χ1n) is 5.96. The van der Waals surface area contributed by atoms with Gasteiger partial charge in [0.25, 0.3) is 5.91 Å². The molecule has 2 aromatic heterocycles. The molecule has 0 fully saturated rings. The first-order valence-corrected chi connectivity index (χ1v) is 5.96. The molecule has 0 radical (unpaired) electrons. The van der Waals surface area contributed by atoms with Gasteiger partial charge in [-0.15, -0.1) is 0 Å². The summed E-state index contributed by atoms with van der Waals surface area (Å²) in [6, 6.07) is 1.75. The van der Waals surface area contributed by atoms with Crippen molar-refractivity contribution in [3.05, 3.63) is 41.1 Å². The highest BCUT2D eigenvalue weighted by Crippen LogP contribution is 2.13. The Morgan fingerprint density at radius 3 is 2.83 bits per heavy atom. The van der Waals surface area contributed by atoms with Gasteiger partial charge in [0.15, 0.2) is 0 Å². The van der Waals surface area contributed by atoms with Crippen molar-refractivity contribution in [2.24, 2.45) is 0 Å². The first-order chi connectivity index (χ1) is 8.60. The zero-order valence-electron chi connectivity index (χ0n) is 10.9. The van der Waals surface area contributed by atoms with Crippen molar-refractivity contribution in [1.29, 1.82) is 0 Å². The number of carbonyl (C=O) groups excluding carboxylic acids is 1. The van der Waals surface area contributed by atoms with Gasteiger partial charge in [-0.2, -0.15) is 5.10 Å². The van der Waals surface area contributed by atoms with Crippen LogP contribution in [0.1, 0.15) is 34.4 Å². The van der Waals surface area contributed by atoms with Crippen LogP contribution in [0.4, 0.5) is 0 Å². The van der Waals surface area contributed by atoms with Crippen LogP contribution in [0, 0.1) is 13.8 Å². The van der Waals surface area contributed by atoms with E-state index in [9.17, 15) is 4.79 Å². The van der Waals surface area contributed by atoms with Crippen LogP contribution in [0.25, 0.3) is 0 Å². The number of furan rings is 1.